The molecule has 0 unspecified atom stereocenters. The minimum absolute atomic E-state index is 0.226. The molecular weight excluding hydrogens is 484 g/mol. The lowest BCUT2D eigenvalue weighted by molar-refractivity contribution is 0.102. The molecule has 4 nitrogen and oxygen atoms in total. The number of amides is 1. The lowest BCUT2D eigenvalue weighted by Gasteiger charge is -2.08. The maximum atomic E-state index is 12.8. The maximum absolute atomic E-state index is 12.8. The van der Waals surface area contributed by atoms with Gasteiger partial charge in [0.15, 0.2) is 5.76 Å². The van der Waals surface area contributed by atoms with Crippen LogP contribution in [-0.4, -0.2) is 10.9 Å². The Morgan fingerprint density at radius 3 is 2.43 bits per heavy atom. The van der Waals surface area contributed by atoms with Crippen molar-refractivity contribution in [3.8, 4) is 22.8 Å². The summed E-state index contributed by atoms with van der Waals surface area (Å²) in [6.07, 6.45) is 1.67. The van der Waals surface area contributed by atoms with Crippen LogP contribution >= 0.6 is 31.9 Å². The Kier molecular flexibility index (Phi) is 5.41. The molecule has 0 saturated heterocycles. The zero-order chi connectivity index (χ0) is 19.5. The molecule has 1 amide bonds. The Balaban J connectivity index is 1.66. The van der Waals surface area contributed by atoms with Crippen molar-refractivity contribution in [3.05, 3.63) is 93.5 Å². The molecule has 0 saturated carbocycles. The minimum Gasteiger partial charge on any atom is -0.436 e. The number of halogens is 2. The van der Waals surface area contributed by atoms with E-state index in [1.165, 1.54) is 0 Å². The molecule has 0 bridgehead atoms. The number of nitrogens with zero attached hydrogens (tertiary/aromatic N) is 1. The molecule has 0 aliphatic heterocycles. The number of carbonyl (C=O) groups excluding carboxylic acids is 1. The van der Waals surface area contributed by atoms with E-state index in [0.717, 1.165) is 14.5 Å². The molecule has 1 N–H and O–H groups in total. The highest BCUT2D eigenvalue weighted by molar-refractivity contribution is 9.10. The van der Waals surface area contributed by atoms with Crippen LogP contribution in [0.15, 0.2) is 92.4 Å². The van der Waals surface area contributed by atoms with Gasteiger partial charge in [0.1, 0.15) is 0 Å². The summed E-state index contributed by atoms with van der Waals surface area (Å²) < 4.78 is 7.80. The van der Waals surface area contributed by atoms with Crippen LogP contribution in [0, 0.1) is 0 Å². The molecule has 0 aliphatic rings. The second-order valence-corrected chi connectivity index (χ2v) is 7.88. The number of aromatic nitrogens is 1. The molecule has 28 heavy (non-hydrogen) atoms. The van der Waals surface area contributed by atoms with Crippen molar-refractivity contribution in [1.29, 1.82) is 0 Å². The van der Waals surface area contributed by atoms with Crippen molar-refractivity contribution in [2.24, 2.45) is 0 Å². The van der Waals surface area contributed by atoms with E-state index in [1.807, 2.05) is 66.7 Å². The summed E-state index contributed by atoms with van der Waals surface area (Å²) in [7, 11) is 0. The number of benzene rings is 3. The van der Waals surface area contributed by atoms with E-state index in [9.17, 15) is 4.79 Å². The molecule has 0 radical (unpaired) electrons. The topological polar surface area (TPSA) is 55.1 Å². The minimum atomic E-state index is -0.226. The number of carbonyl (C=O) groups is 1. The molecule has 4 rings (SSSR count). The smallest absolute Gasteiger partial charge is 0.256 e. The van der Waals surface area contributed by atoms with Gasteiger partial charge in [0.2, 0.25) is 5.89 Å². The first-order chi connectivity index (χ1) is 13.6. The summed E-state index contributed by atoms with van der Waals surface area (Å²) >= 11 is 6.87. The van der Waals surface area contributed by atoms with E-state index in [0.29, 0.717) is 28.5 Å². The Morgan fingerprint density at radius 1 is 0.893 bits per heavy atom. The van der Waals surface area contributed by atoms with Crippen LogP contribution in [0.1, 0.15) is 10.4 Å². The molecule has 3 aromatic carbocycles. The fourth-order valence-corrected chi connectivity index (χ4v) is 3.60. The van der Waals surface area contributed by atoms with Crippen LogP contribution in [-0.2, 0) is 0 Å². The highest BCUT2D eigenvalue weighted by Gasteiger charge is 2.17. The van der Waals surface area contributed by atoms with E-state index in [1.54, 1.807) is 12.3 Å². The van der Waals surface area contributed by atoms with Gasteiger partial charge in [-0.1, -0.05) is 62.2 Å². The van der Waals surface area contributed by atoms with Gasteiger partial charge in [0, 0.05) is 25.8 Å². The molecule has 4 aromatic rings. The second kappa shape index (κ2) is 8.12. The van der Waals surface area contributed by atoms with Crippen LogP contribution in [0.5, 0.6) is 0 Å². The maximum Gasteiger partial charge on any atom is 0.256 e. The number of hydrogen-bond acceptors (Lipinski definition) is 3. The molecule has 0 fully saturated rings. The van der Waals surface area contributed by atoms with Crippen molar-refractivity contribution in [2.45, 2.75) is 0 Å². The third-order valence-corrected chi connectivity index (χ3v) is 5.09. The summed E-state index contributed by atoms with van der Waals surface area (Å²) in [5, 5.41) is 2.91. The summed E-state index contributed by atoms with van der Waals surface area (Å²) in [5.41, 5.74) is 2.74. The predicted octanol–water partition coefficient (Wildman–Crippen LogP) is 6.79. The van der Waals surface area contributed by atoms with Gasteiger partial charge in [0.05, 0.1) is 11.8 Å². The first kappa shape index (κ1) is 18.7. The van der Waals surface area contributed by atoms with Crippen molar-refractivity contribution < 1.29 is 9.21 Å². The number of oxazole rings is 1. The average Bonchev–Trinajstić information content (AvgIpc) is 3.18. The summed E-state index contributed by atoms with van der Waals surface area (Å²) in [4.78, 5) is 17.2. The quantitative estimate of drug-likeness (QED) is 0.338. The van der Waals surface area contributed by atoms with E-state index in [-0.39, 0.29) is 5.91 Å². The van der Waals surface area contributed by atoms with Gasteiger partial charge in [-0.15, -0.1) is 0 Å². The van der Waals surface area contributed by atoms with E-state index < -0.39 is 0 Å². The van der Waals surface area contributed by atoms with Crippen LogP contribution < -0.4 is 5.32 Å². The van der Waals surface area contributed by atoms with Crippen molar-refractivity contribution in [1.82, 2.24) is 4.98 Å². The van der Waals surface area contributed by atoms with Crippen molar-refractivity contribution in [2.75, 3.05) is 5.32 Å². The SMILES string of the molecule is O=C(Nc1cccc(Br)c1)c1ccccc1-c1ncc(-c2cccc(Br)c2)o1. The zero-order valence-electron chi connectivity index (χ0n) is 14.5. The number of rotatable bonds is 4. The third kappa shape index (κ3) is 4.08. The number of nitrogens with one attached hydrogen (secondary N) is 1. The third-order valence-electron chi connectivity index (χ3n) is 4.10. The normalized spacial score (nSPS) is 10.6. The fourth-order valence-electron chi connectivity index (χ4n) is 2.81. The van der Waals surface area contributed by atoms with Gasteiger partial charge in [0.25, 0.3) is 5.91 Å². The fraction of sp³-hybridized carbons (Fsp3) is 0. The Labute approximate surface area is 178 Å². The molecule has 6 heteroatoms. The molecule has 0 aliphatic carbocycles. The van der Waals surface area contributed by atoms with Crippen LogP contribution in [0.25, 0.3) is 22.8 Å². The molecule has 138 valence electrons. The summed E-state index contributed by atoms with van der Waals surface area (Å²) in [6.45, 7) is 0. The Hall–Kier alpha value is -2.70. The van der Waals surface area contributed by atoms with Gasteiger partial charge in [-0.2, -0.15) is 0 Å². The van der Waals surface area contributed by atoms with Gasteiger partial charge < -0.3 is 9.73 Å². The molecule has 0 atom stereocenters. The molecule has 1 heterocycles. The second-order valence-electron chi connectivity index (χ2n) is 6.05. The lowest BCUT2D eigenvalue weighted by Crippen LogP contribution is -2.13. The van der Waals surface area contributed by atoms with Crippen molar-refractivity contribution in [3.63, 3.8) is 0 Å². The average molecular weight is 498 g/mol. The van der Waals surface area contributed by atoms with Gasteiger partial charge >= 0.3 is 0 Å². The Morgan fingerprint density at radius 2 is 1.64 bits per heavy atom. The van der Waals surface area contributed by atoms with E-state index >= 15 is 0 Å². The van der Waals surface area contributed by atoms with E-state index in [4.69, 9.17) is 4.42 Å². The largest absolute Gasteiger partial charge is 0.436 e. The Bertz CT molecular complexity index is 1150. The summed E-state index contributed by atoms with van der Waals surface area (Å²) in [6, 6.07) is 22.5. The summed E-state index contributed by atoms with van der Waals surface area (Å²) in [5.74, 6) is 0.810. The number of anilines is 1. The van der Waals surface area contributed by atoms with Crippen LogP contribution in [0.2, 0.25) is 0 Å². The lowest BCUT2D eigenvalue weighted by atomic mass is 10.1. The van der Waals surface area contributed by atoms with Gasteiger partial charge in [-0.05, 0) is 42.5 Å². The van der Waals surface area contributed by atoms with Crippen LogP contribution in [0.4, 0.5) is 5.69 Å². The first-order valence-corrected chi connectivity index (χ1v) is 10.1. The molecule has 0 spiro atoms. The molecular formula is C22H14Br2N2O2. The highest BCUT2D eigenvalue weighted by Crippen LogP contribution is 2.30. The van der Waals surface area contributed by atoms with E-state index in [2.05, 4.69) is 42.2 Å². The number of hydrogen-bond donors (Lipinski definition) is 1. The first-order valence-electron chi connectivity index (χ1n) is 8.48. The molecule has 1 aromatic heterocycles. The van der Waals surface area contributed by atoms with Crippen LogP contribution in [0.3, 0.4) is 0 Å². The standard InChI is InChI=1S/C22H14Br2N2O2/c23-15-6-3-5-14(11-15)20-13-25-22(28-20)19-10-2-1-9-18(19)21(27)26-17-8-4-7-16(24)12-17/h1-13H,(H,26,27). The zero-order valence-corrected chi connectivity index (χ0v) is 17.7. The highest BCUT2D eigenvalue weighted by atomic mass is 79.9. The monoisotopic (exact) mass is 496 g/mol. The predicted molar refractivity (Wildman–Crippen MR) is 117 cm³/mol. The van der Waals surface area contributed by atoms with Crippen molar-refractivity contribution >= 4 is 43.5 Å². The van der Waals surface area contributed by atoms with Gasteiger partial charge in [-0.3, -0.25) is 4.79 Å². The van der Waals surface area contributed by atoms with Gasteiger partial charge in [-0.25, -0.2) is 4.98 Å².